The molecule has 0 unspecified atom stereocenters. The van der Waals surface area contributed by atoms with Crippen LogP contribution in [0.25, 0.3) is 0 Å². The molecule has 1 amide bonds. The standard InChI is InChI=1S/C17H14N4O4/c1-12(25-16-7-5-13(10-18)6-8-16)17(22)20-19-11-14-3-2-4-15(9-14)21(23)24/h2-9,11-12H,1H3,(H,20,22)/t12-/m0/s1. The van der Waals surface area contributed by atoms with Gasteiger partial charge >= 0.3 is 0 Å². The number of hydrogen-bond acceptors (Lipinski definition) is 6. The monoisotopic (exact) mass is 338 g/mol. The van der Waals surface area contributed by atoms with Gasteiger partial charge in [-0.15, -0.1) is 0 Å². The molecule has 0 aromatic heterocycles. The minimum absolute atomic E-state index is 0.0622. The zero-order valence-corrected chi connectivity index (χ0v) is 13.2. The van der Waals surface area contributed by atoms with E-state index in [0.29, 0.717) is 16.9 Å². The number of benzene rings is 2. The number of carbonyl (C=O) groups excluding carboxylic acids is 1. The summed E-state index contributed by atoms with van der Waals surface area (Å²) in [6, 6.07) is 14.2. The normalized spacial score (nSPS) is 11.5. The van der Waals surface area contributed by atoms with Crippen LogP contribution >= 0.6 is 0 Å². The molecular weight excluding hydrogens is 324 g/mol. The van der Waals surface area contributed by atoms with Crippen LogP contribution in [0.2, 0.25) is 0 Å². The maximum atomic E-state index is 11.9. The third-order valence-electron chi connectivity index (χ3n) is 3.13. The Balaban J connectivity index is 1.91. The van der Waals surface area contributed by atoms with Crippen LogP contribution in [0.1, 0.15) is 18.1 Å². The van der Waals surface area contributed by atoms with E-state index >= 15 is 0 Å². The number of nitriles is 1. The lowest BCUT2D eigenvalue weighted by atomic mass is 10.2. The number of nitrogens with zero attached hydrogens (tertiary/aromatic N) is 3. The fourth-order valence-electron chi connectivity index (χ4n) is 1.85. The van der Waals surface area contributed by atoms with Crippen molar-refractivity contribution in [1.82, 2.24) is 5.43 Å². The zero-order valence-electron chi connectivity index (χ0n) is 13.2. The van der Waals surface area contributed by atoms with Gasteiger partial charge in [-0.2, -0.15) is 10.4 Å². The first-order valence-electron chi connectivity index (χ1n) is 7.24. The zero-order chi connectivity index (χ0) is 18.2. The van der Waals surface area contributed by atoms with E-state index in [1.54, 1.807) is 37.3 Å². The summed E-state index contributed by atoms with van der Waals surface area (Å²) in [6.07, 6.45) is 0.495. The van der Waals surface area contributed by atoms with Crippen LogP contribution < -0.4 is 10.2 Å². The molecule has 0 heterocycles. The molecule has 0 aliphatic rings. The number of carbonyl (C=O) groups is 1. The molecule has 1 N–H and O–H groups in total. The van der Waals surface area contributed by atoms with E-state index in [1.807, 2.05) is 6.07 Å². The van der Waals surface area contributed by atoms with Gasteiger partial charge < -0.3 is 4.74 Å². The Morgan fingerprint density at radius 3 is 2.72 bits per heavy atom. The highest BCUT2D eigenvalue weighted by atomic mass is 16.6. The number of nitro benzene ring substituents is 1. The van der Waals surface area contributed by atoms with Gasteiger partial charge in [0, 0.05) is 17.7 Å². The van der Waals surface area contributed by atoms with E-state index in [9.17, 15) is 14.9 Å². The highest BCUT2D eigenvalue weighted by molar-refractivity contribution is 5.84. The first kappa shape index (κ1) is 17.6. The van der Waals surface area contributed by atoms with Crippen molar-refractivity contribution >= 4 is 17.8 Å². The lowest BCUT2D eigenvalue weighted by molar-refractivity contribution is -0.384. The lowest BCUT2D eigenvalue weighted by Gasteiger charge is -2.12. The van der Waals surface area contributed by atoms with Crippen molar-refractivity contribution in [3.63, 3.8) is 0 Å². The third kappa shape index (κ3) is 5.14. The van der Waals surface area contributed by atoms with E-state index in [1.165, 1.54) is 24.4 Å². The van der Waals surface area contributed by atoms with Crippen molar-refractivity contribution in [1.29, 1.82) is 5.26 Å². The number of nitro groups is 1. The van der Waals surface area contributed by atoms with Gasteiger partial charge in [0.25, 0.3) is 11.6 Å². The summed E-state index contributed by atoms with van der Waals surface area (Å²) in [7, 11) is 0. The summed E-state index contributed by atoms with van der Waals surface area (Å²) in [5.41, 5.74) is 3.22. The minimum Gasteiger partial charge on any atom is -0.481 e. The Kier molecular flexibility index (Phi) is 5.79. The maximum Gasteiger partial charge on any atom is 0.280 e. The van der Waals surface area contributed by atoms with E-state index in [0.717, 1.165) is 0 Å². The van der Waals surface area contributed by atoms with Crippen LogP contribution in [0.3, 0.4) is 0 Å². The van der Waals surface area contributed by atoms with Gasteiger partial charge in [0.2, 0.25) is 0 Å². The van der Waals surface area contributed by atoms with Crippen molar-refractivity contribution in [3.8, 4) is 11.8 Å². The predicted molar refractivity (Wildman–Crippen MR) is 90.1 cm³/mol. The van der Waals surface area contributed by atoms with Crippen LogP contribution in [-0.4, -0.2) is 23.1 Å². The third-order valence-corrected chi connectivity index (χ3v) is 3.13. The summed E-state index contributed by atoms with van der Waals surface area (Å²) in [5.74, 6) is -0.0321. The summed E-state index contributed by atoms with van der Waals surface area (Å²) < 4.78 is 5.44. The number of rotatable bonds is 6. The highest BCUT2D eigenvalue weighted by Crippen LogP contribution is 2.13. The maximum absolute atomic E-state index is 11.9. The molecule has 2 aromatic carbocycles. The van der Waals surface area contributed by atoms with E-state index < -0.39 is 16.9 Å². The molecule has 2 aromatic rings. The molecule has 8 nitrogen and oxygen atoms in total. The number of non-ortho nitro benzene ring substituents is 1. The van der Waals surface area contributed by atoms with Gasteiger partial charge in [0.15, 0.2) is 6.10 Å². The van der Waals surface area contributed by atoms with Crippen molar-refractivity contribution < 1.29 is 14.5 Å². The van der Waals surface area contributed by atoms with Crippen molar-refractivity contribution in [2.45, 2.75) is 13.0 Å². The SMILES string of the molecule is C[C@H](Oc1ccc(C#N)cc1)C(=O)NN=Cc1cccc([N+](=O)[O-])c1. The van der Waals surface area contributed by atoms with Gasteiger partial charge in [-0.25, -0.2) is 5.43 Å². The van der Waals surface area contributed by atoms with Gasteiger partial charge in [-0.05, 0) is 31.2 Å². The molecule has 0 fully saturated rings. The topological polar surface area (TPSA) is 118 Å². The van der Waals surface area contributed by atoms with Crippen molar-refractivity contribution in [2.75, 3.05) is 0 Å². The summed E-state index contributed by atoms with van der Waals surface area (Å²) in [4.78, 5) is 22.1. The number of hydrazone groups is 1. The molecular formula is C17H14N4O4. The number of ether oxygens (including phenoxy) is 1. The fraction of sp³-hybridized carbons (Fsp3) is 0.118. The Morgan fingerprint density at radius 2 is 2.08 bits per heavy atom. The fourth-order valence-corrected chi connectivity index (χ4v) is 1.85. The van der Waals surface area contributed by atoms with Crippen LogP contribution in [0.15, 0.2) is 53.6 Å². The van der Waals surface area contributed by atoms with Crippen molar-refractivity contribution in [3.05, 3.63) is 69.8 Å². The van der Waals surface area contributed by atoms with E-state index in [2.05, 4.69) is 10.5 Å². The molecule has 126 valence electrons. The first-order valence-corrected chi connectivity index (χ1v) is 7.24. The van der Waals surface area contributed by atoms with Crippen LogP contribution in [0.5, 0.6) is 5.75 Å². The second kappa shape index (κ2) is 8.21. The average Bonchev–Trinajstić information content (AvgIpc) is 2.62. The van der Waals surface area contributed by atoms with E-state index in [4.69, 9.17) is 10.00 Å². The quantitative estimate of drug-likeness (QED) is 0.493. The number of amides is 1. The molecule has 2 rings (SSSR count). The Bertz CT molecular complexity index is 840. The van der Waals surface area contributed by atoms with Gasteiger partial charge in [-0.1, -0.05) is 12.1 Å². The second-order valence-corrected chi connectivity index (χ2v) is 4.98. The van der Waals surface area contributed by atoms with Gasteiger partial charge in [-0.3, -0.25) is 14.9 Å². The molecule has 0 aliphatic heterocycles. The minimum atomic E-state index is -0.810. The van der Waals surface area contributed by atoms with Crippen LogP contribution in [0, 0.1) is 21.4 Å². The molecule has 0 saturated heterocycles. The summed E-state index contributed by atoms with van der Waals surface area (Å²) in [5, 5.41) is 23.2. The predicted octanol–water partition coefficient (Wildman–Crippen LogP) is 2.38. The summed E-state index contributed by atoms with van der Waals surface area (Å²) in [6.45, 7) is 1.55. The van der Waals surface area contributed by atoms with Gasteiger partial charge in [0.1, 0.15) is 5.75 Å². The van der Waals surface area contributed by atoms with E-state index in [-0.39, 0.29) is 5.69 Å². The lowest BCUT2D eigenvalue weighted by Crippen LogP contribution is -2.33. The van der Waals surface area contributed by atoms with Gasteiger partial charge in [0.05, 0.1) is 22.8 Å². The highest BCUT2D eigenvalue weighted by Gasteiger charge is 2.13. The molecule has 8 heteroatoms. The molecule has 0 bridgehead atoms. The Morgan fingerprint density at radius 1 is 1.36 bits per heavy atom. The Hall–Kier alpha value is -3.73. The second-order valence-electron chi connectivity index (χ2n) is 4.98. The first-order chi connectivity index (χ1) is 12.0. The molecule has 0 radical (unpaired) electrons. The smallest absolute Gasteiger partial charge is 0.280 e. The molecule has 25 heavy (non-hydrogen) atoms. The van der Waals surface area contributed by atoms with Crippen LogP contribution in [-0.2, 0) is 4.79 Å². The number of nitrogens with one attached hydrogen (secondary N) is 1. The van der Waals surface area contributed by atoms with Crippen LogP contribution in [0.4, 0.5) is 5.69 Å². The molecule has 0 spiro atoms. The Labute approximate surface area is 143 Å². The average molecular weight is 338 g/mol. The summed E-state index contributed by atoms with van der Waals surface area (Å²) >= 11 is 0. The largest absolute Gasteiger partial charge is 0.481 e. The molecule has 1 atom stereocenters. The molecule has 0 saturated carbocycles. The molecule has 0 aliphatic carbocycles. The number of hydrogen-bond donors (Lipinski definition) is 1. The van der Waals surface area contributed by atoms with Crippen molar-refractivity contribution in [2.24, 2.45) is 5.10 Å².